The lowest BCUT2D eigenvalue weighted by atomic mass is 10.1. The van der Waals surface area contributed by atoms with Crippen LogP contribution in [0.1, 0.15) is 24.5 Å². The number of methoxy groups -OCH3 is 1. The topological polar surface area (TPSA) is 32.7 Å². The monoisotopic (exact) mass is 283 g/mol. The van der Waals surface area contributed by atoms with E-state index in [1.54, 1.807) is 7.11 Å². The van der Waals surface area contributed by atoms with Crippen LogP contribution in [0.5, 0.6) is 0 Å². The van der Waals surface area contributed by atoms with Crippen molar-refractivity contribution in [2.45, 2.75) is 18.9 Å². The quantitative estimate of drug-likeness (QED) is 0.871. The lowest BCUT2D eigenvalue weighted by Gasteiger charge is -2.19. The van der Waals surface area contributed by atoms with E-state index in [2.05, 4.69) is 4.90 Å². The molecule has 4 heteroatoms. The summed E-state index contributed by atoms with van der Waals surface area (Å²) in [6.45, 7) is 3.92. The minimum atomic E-state index is -0.477. The van der Waals surface area contributed by atoms with Crippen LogP contribution in [0.3, 0.4) is 0 Å². The van der Waals surface area contributed by atoms with Gasteiger partial charge in [-0.2, -0.15) is 0 Å². The summed E-state index contributed by atoms with van der Waals surface area (Å²) in [7, 11) is 1.75. The normalized spacial score (nSPS) is 21.7. The molecule has 1 N–H and O–H groups in total. The number of halogens is 1. The molecule has 3 nitrogen and oxygen atoms in total. The molecule has 1 aromatic carbocycles. The maximum Gasteiger partial charge on any atom is 0.0816 e. The third kappa shape index (κ3) is 4.18. The standard InChI is InChI=1S/C15H22ClNO2/c1-19-11-12-6-8-17(10-12)9-7-15(18)13-4-2-3-5-14(13)16/h2-5,12,15,18H,6-11H2,1H3. The fourth-order valence-corrected chi connectivity index (χ4v) is 2.96. The molecule has 0 spiro atoms. The van der Waals surface area contributed by atoms with E-state index >= 15 is 0 Å². The van der Waals surface area contributed by atoms with E-state index in [9.17, 15) is 5.11 Å². The number of rotatable bonds is 6. The number of benzene rings is 1. The van der Waals surface area contributed by atoms with Gasteiger partial charge >= 0.3 is 0 Å². The second-order valence-corrected chi connectivity index (χ2v) is 5.64. The number of ether oxygens (including phenoxy) is 1. The molecule has 1 saturated heterocycles. The van der Waals surface area contributed by atoms with Crippen molar-refractivity contribution in [3.8, 4) is 0 Å². The average molecular weight is 284 g/mol. The van der Waals surface area contributed by atoms with Crippen molar-refractivity contribution in [2.75, 3.05) is 33.4 Å². The van der Waals surface area contributed by atoms with Gasteiger partial charge in [-0.15, -0.1) is 0 Å². The Morgan fingerprint density at radius 1 is 1.47 bits per heavy atom. The Hall–Kier alpha value is -0.610. The molecule has 2 atom stereocenters. The van der Waals surface area contributed by atoms with Gasteiger partial charge in [0, 0.05) is 25.2 Å². The highest BCUT2D eigenvalue weighted by Crippen LogP contribution is 2.26. The zero-order valence-corrected chi connectivity index (χ0v) is 12.1. The van der Waals surface area contributed by atoms with Gasteiger partial charge in [-0.05, 0) is 36.9 Å². The van der Waals surface area contributed by atoms with Gasteiger partial charge in [-0.25, -0.2) is 0 Å². The smallest absolute Gasteiger partial charge is 0.0816 e. The van der Waals surface area contributed by atoms with Crippen LogP contribution in [0.25, 0.3) is 0 Å². The summed E-state index contributed by atoms with van der Waals surface area (Å²) in [5.41, 5.74) is 0.830. The van der Waals surface area contributed by atoms with Crippen LogP contribution in [-0.2, 0) is 4.74 Å². The molecule has 1 aliphatic heterocycles. The number of likely N-dealkylation sites (tertiary alicyclic amines) is 1. The Balaban J connectivity index is 1.78. The first kappa shape index (κ1) is 14.8. The van der Waals surface area contributed by atoms with Crippen molar-refractivity contribution >= 4 is 11.6 Å². The van der Waals surface area contributed by atoms with Gasteiger partial charge in [0.1, 0.15) is 0 Å². The number of aliphatic hydroxyl groups excluding tert-OH is 1. The number of aliphatic hydroxyl groups is 1. The molecule has 0 radical (unpaired) electrons. The van der Waals surface area contributed by atoms with Gasteiger partial charge in [0.25, 0.3) is 0 Å². The summed E-state index contributed by atoms with van der Waals surface area (Å²) < 4.78 is 5.19. The lowest BCUT2D eigenvalue weighted by Crippen LogP contribution is -2.24. The van der Waals surface area contributed by atoms with Gasteiger partial charge < -0.3 is 14.7 Å². The van der Waals surface area contributed by atoms with Gasteiger partial charge in [0.2, 0.25) is 0 Å². The van der Waals surface area contributed by atoms with E-state index in [0.717, 1.165) is 38.2 Å². The molecule has 19 heavy (non-hydrogen) atoms. The molecular formula is C15H22ClNO2. The third-order valence-electron chi connectivity index (χ3n) is 3.76. The maximum absolute atomic E-state index is 10.2. The molecule has 2 unspecified atom stereocenters. The number of nitrogens with zero attached hydrogens (tertiary/aromatic N) is 1. The van der Waals surface area contributed by atoms with E-state index in [1.807, 2.05) is 24.3 Å². The Bertz CT molecular complexity index is 399. The van der Waals surface area contributed by atoms with E-state index in [0.29, 0.717) is 10.9 Å². The molecule has 1 fully saturated rings. The zero-order valence-electron chi connectivity index (χ0n) is 11.4. The second kappa shape index (κ2) is 7.25. The summed E-state index contributed by atoms with van der Waals surface area (Å²) in [6, 6.07) is 7.51. The molecule has 1 aliphatic rings. The Labute approximate surface area is 120 Å². The van der Waals surface area contributed by atoms with Crippen LogP contribution >= 0.6 is 11.6 Å². The maximum atomic E-state index is 10.2. The summed E-state index contributed by atoms with van der Waals surface area (Å²) >= 11 is 6.09. The molecule has 1 aromatic rings. The van der Waals surface area contributed by atoms with Gasteiger partial charge in [0.15, 0.2) is 0 Å². The van der Waals surface area contributed by atoms with Crippen LogP contribution in [0.15, 0.2) is 24.3 Å². The highest BCUT2D eigenvalue weighted by molar-refractivity contribution is 6.31. The van der Waals surface area contributed by atoms with E-state index < -0.39 is 6.10 Å². The van der Waals surface area contributed by atoms with Crippen molar-refractivity contribution in [2.24, 2.45) is 5.92 Å². The van der Waals surface area contributed by atoms with Crippen LogP contribution in [0, 0.1) is 5.92 Å². The molecule has 0 amide bonds. The minimum absolute atomic E-state index is 0.477. The average Bonchev–Trinajstić information content (AvgIpc) is 2.85. The minimum Gasteiger partial charge on any atom is -0.388 e. The Kier molecular flexibility index (Phi) is 5.64. The summed E-state index contributed by atoms with van der Waals surface area (Å²) in [5, 5.41) is 10.8. The van der Waals surface area contributed by atoms with Crippen molar-refractivity contribution in [1.82, 2.24) is 4.90 Å². The summed E-state index contributed by atoms with van der Waals surface area (Å²) in [6.07, 6.45) is 1.44. The fraction of sp³-hybridized carbons (Fsp3) is 0.600. The van der Waals surface area contributed by atoms with Crippen LogP contribution in [0.2, 0.25) is 5.02 Å². The molecule has 0 bridgehead atoms. The van der Waals surface area contributed by atoms with Crippen molar-refractivity contribution in [3.63, 3.8) is 0 Å². The van der Waals surface area contributed by atoms with Crippen LogP contribution < -0.4 is 0 Å². The van der Waals surface area contributed by atoms with E-state index in [4.69, 9.17) is 16.3 Å². The molecule has 106 valence electrons. The predicted molar refractivity (Wildman–Crippen MR) is 77.5 cm³/mol. The first-order valence-electron chi connectivity index (χ1n) is 6.84. The molecule has 2 rings (SSSR count). The largest absolute Gasteiger partial charge is 0.388 e. The molecule has 0 aliphatic carbocycles. The summed E-state index contributed by atoms with van der Waals surface area (Å²) in [5.74, 6) is 0.641. The summed E-state index contributed by atoms with van der Waals surface area (Å²) in [4.78, 5) is 2.39. The van der Waals surface area contributed by atoms with Crippen LogP contribution in [-0.4, -0.2) is 43.4 Å². The van der Waals surface area contributed by atoms with Crippen molar-refractivity contribution in [1.29, 1.82) is 0 Å². The second-order valence-electron chi connectivity index (χ2n) is 5.24. The van der Waals surface area contributed by atoms with E-state index in [1.165, 1.54) is 6.42 Å². The third-order valence-corrected chi connectivity index (χ3v) is 4.10. The van der Waals surface area contributed by atoms with Gasteiger partial charge in [-0.3, -0.25) is 0 Å². The highest BCUT2D eigenvalue weighted by Gasteiger charge is 2.23. The SMILES string of the molecule is COCC1CCN(CCC(O)c2ccccc2Cl)C1. The predicted octanol–water partition coefficient (Wildman–Crippen LogP) is 2.73. The highest BCUT2D eigenvalue weighted by atomic mass is 35.5. The first-order valence-corrected chi connectivity index (χ1v) is 7.22. The Morgan fingerprint density at radius 3 is 3.00 bits per heavy atom. The molecule has 1 heterocycles. The Morgan fingerprint density at radius 2 is 2.26 bits per heavy atom. The molecule has 0 saturated carbocycles. The van der Waals surface area contributed by atoms with Gasteiger partial charge in [-0.1, -0.05) is 29.8 Å². The molecular weight excluding hydrogens is 262 g/mol. The van der Waals surface area contributed by atoms with Crippen molar-refractivity contribution < 1.29 is 9.84 Å². The first-order chi connectivity index (χ1) is 9.20. The van der Waals surface area contributed by atoms with Gasteiger partial charge in [0.05, 0.1) is 12.7 Å². The van der Waals surface area contributed by atoms with E-state index in [-0.39, 0.29) is 0 Å². The van der Waals surface area contributed by atoms with Crippen molar-refractivity contribution in [3.05, 3.63) is 34.9 Å². The zero-order chi connectivity index (χ0) is 13.7. The lowest BCUT2D eigenvalue weighted by molar-refractivity contribution is 0.137. The molecule has 0 aromatic heterocycles. The number of hydrogen-bond acceptors (Lipinski definition) is 3. The van der Waals surface area contributed by atoms with Crippen LogP contribution in [0.4, 0.5) is 0 Å². The number of hydrogen-bond donors (Lipinski definition) is 1. The fourth-order valence-electron chi connectivity index (χ4n) is 2.69.